The maximum Gasteiger partial charge on any atom is 0.286 e. The van der Waals surface area contributed by atoms with Crippen LogP contribution in [0.2, 0.25) is 0 Å². The number of hydrazine groups is 1. The summed E-state index contributed by atoms with van der Waals surface area (Å²) in [7, 11) is 1.76. The van der Waals surface area contributed by atoms with E-state index in [9.17, 15) is 9.59 Å². The first-order valence-electron chi connectivity index (χ1n) is 5.99. The van der Waals surface area contributed by atoms with Crippen LogP contribution < -0.4 is 10.9 Å². The van der Waals surface area contributed by atoms with Gasteiger partial charge in [0.1, 0.15) is 5.69 Å². The highest BCUT2D eigenvalue weighted by atomic mass is 79.9. The molecular weight excluding hydrogens is 342 g/mol. The van der Waals surface area contributed by atoms with Gasteiger partial charge in [0.05, 0.1) is 0 Å². The monoisotopic (exact) mass is 355 g/mol. The normalized spacial score (nSPS) is 10.3. The van der Waals surface area contributed by atoms with Crippen LogP contribution in [0.25, 0.3) is 0 Å². The molecule has 0 atom stereocenters. The molecule has 0 radical (unpaired) electrons. The number of thiophene rings is 1. The molecule has 0 saturated heterocycles. The molecule has 5 nitrogen and oxygen atoms in total. The second kappa shape index (κ2) is 6.71. The zero-order chi connectivity index (χ0) is 14.5. The van der Waals surface area contributed by atoms with E-state index in [0.29, 0.717) is 18.5 Å². The molecule has 2 rings (SSSR count). The Morgan fingerprint density at radius 1 is 1.40 bits per heavy atom. The number of hydrogen-bond acceptors (Lipinski definition) is 3. The van der Waals surface area contributed by atoms with Crippen molar-refractivity contribution in [1.82, 2.24) is 15.4 Å². The lowest BCUT2D eigenvalue weighted by atomic mass is 10.2. The fourth-order valence-electron chi connectivity index (χ4n) is 1.69. The molecule has 106 valence electrons. The molecule has 0 aliphatic heterocycles. The number of rotatable bonds is 4. The Hall–Kier alpha value is -1.60. The van der Waals surface area contributed by atoms with E-state index in [2.05, 4.69) is 26.8 Å². The summed E-state index contributed by atoms with van der Waals surface area (Å²) in [5.41, 5.74) is 5.29. The Labute approximate surface area is 129 Å². The first-order valence-corrected chi connectivity index (χ1v) is 7.67. The highest BCUT2D eigenvalue weighted by molar-refractivity contribution is 9.10. The van der Waals surface area contributed by atoms with Crippen LogP contribution in [-0.4, -0.2) is 16.4 Å². The zero-order valence-corrected chi connectivity index (χ0v) is 13.3. The number of halogens is 1. The molecule has 2 aromatic heterocycles. The average molecular weight is 356 g/mol. The molecule has 0 unspecified atom stereocenters. The number of carbonyl (C=O) groups excluding carboxylic acids is 2. The summed E-state index contributed by atoms with van der Waals surface area (Å²) in [4.78, 5) is 24.6. The molecule has 2 amide bonds. The zero-order valence-electron chi connectivity index (χ0n) is 10.9. The van der Waals surface area contributed by atoms with Crippen molar-refractivity contribution in [3.8, 4) is 0 Å². The first kappa shape index (κ1) is 14.8. The minimum atomic E-state index is -0.345. The van der Waals surface area contributed by atoms with Gasteiger partial charge in [0.2, 0.25) is 5.91 Å². The van der Waals surface area contributed by atoms with Crippen molar-refractivity contribution >= 4 is 39.1 Å². The molecule has 2 N–H and O–H groups in total. The summed E-state index contributed by atoms with van der Waals surface area (Å²) in [6.07, 6.45) is 2.79. The van der Waals surface area contributed by atoms with Gasteiger partial charge in [-0.1, -0.05) is 6.07 Å². The van der Waals surface area contributed by atoms with Gasteiger partial charge in [-0.2, -0.15) is 0 Å². The van der Waals surface area contributed by atoms with Crippen molar-refractivity contribution in [2.45, 2.75) is 12.8 Å². The highest BCUT2D eigenvalue weighted by Gasteiger charge is 2.11. The van der Waals surface area contributed by atoms with Crippen LogP contribution in [0.5, 0.6) is 0 Å². The van der Waals surface area contributed by atoms with Gasteiger partial charge < -0.3 is 4.57 Å². The number of nitrogens with zero attached hydrogens (tertiary/aromatic N) is 1. The molecule has 0 bridgehead atoms. The highest BCUT2D eigenvalue weighted by Crippen LogP contribution is 2.13. The van der Waals surface area contributed by atoms with Crippen LogP contribution in [-0.2, 0) is 18.3 Å². The van der Waals surface area contributed by atoms with Crippen molar-refractivity contribution in [3.05, 3.63) is 44.8 Å². The number of nitrogens with one attached hydrogen (secondary N) is 2. The van der Waals surface area contributed by atoms with E-state index < -0.39 is 0 Å². The summed E-state index contributed by atoms with van der Waals surface area (Å²) < 4.78 is 2.49. The third-order valence-corrected chi connectivity index (χ3v) is 4.07. The Morgan fingerprint density at radius 3 is 2.80 bits per heavy atom. The molecule has 0 spiro atoms. The van der Waals surface area contributed by atoms with Gasteiger partial charge in [0.25, 0.3) is 5.91 Å². The number of hydrogen-bond donors (Lipinski definition) is 2. The molecule has 2 heterocycles. The third-order valence-electron chi connectivity index (χ3n) is 2.70. The quantitative estimate of drug-likeness (QED) is 0.826. The van der Waals surface area contributed by atoms with Gasteiger partial charge in [-0.05, 0) is 39.9 Å². The fourth-order valence-corrected chi connectivity index (χ4v) is 2.93. The standard InChI is InChI=1S/C13H14BrN3O2S/c1-17-8-9(14)7-11(17)13(19)16-15-12(18)5-4-10-3-2-6-20-10/h2-3,6-8H,4-5H2,1H3,(H,15,18)(H,16,19). The molecule has 0 aliphatic carbocycles. The molecule has 0 saturated carbocycles. The Morgan fingerprint density at radius 2 is 2.20 bits per heavy atom. The van der Waals surface area contributed by atoms with E-state index in [1.165, 1.54) is 0 Å². The minimum Gasteiger partial charge on any atom is -0.345 e. The van der Waals surface area contributed by atoms with E-state index in [4.69, 9.17) is 0 Å². The van der Waals surface area contributed by atoms with Crippen LogP contribution in [0.4, 0.5) is 0 Å². The largest absolute Gasteiger partial charge is 0.345 e. The first-order chi connectivity index (χ1) is 9.56. The van der Waals surface area contributed by atoms with Crippen molar-refractivity contribution in [1.29, 1.82) is 0 Å². The van der Waals surface area contributed by atoms with Crippen molar-refractivity contribution in [2.24, 2.45) is 7.05 Å². The fraction of sp³-hybridized carbons (Fsp3) is 0.231. The van der Waals surface area contributed by atoms with Gasteiger partial charge in [-0.25, -0.2) is 0 Å². The molecule has 7 heteroatoms. The summed E-state index contributed by atoms with van der Waals surface area (Å²) in [5, 5.41) is 1.97. The lowest BCUT2D eigenvalue weighted by Crippen LogP contribution is -2.42. The van der Waals surface area contributed by atoms with Crippen molar-refractivity contribution in [2.75, 3.05) is 0 Å². The van der Waals surface area contributed by atoms with Crippen LogP contribution in [0, 0.1) is 0 Å². The van der Waals surface area contributed by atoms with Gasteiger partial charge in [0.15, 0.2) is 0 Å². The maximum atomic E-state index is 11.9. The predicted molar refractivity (Wildman–Crippen MR) is 81.4 cm³/mol. The molecule has 20 heavy (non-hydrogen) atoms. The lowest BCUT2D eigenvalue weighted by Gasteiger charge is -2.07. The summed E-state index contributed by atoms with van der Waals surface area (Å²) >= 11 is 4.91. The van der Waals surface area contributed by atoms with Gasteiger partial charge >= 0.3 is 0 Å². The van der Waals surface area contributed by atoms with E-state index in [-0.39, 0.29) is 11.8 Å². The molecule has 2 aromatic rings. The van der Waals surface area contributed by atoms with E-state index >= 15 is 0 Å². The van der Waals surface area contributed by atoms with Crippen LogP contribution in [0.15, 0.2) is 34.2 Å². The predicted octanol–water partition coefficient (Wildman–Crippen LogP) is 2.24. The molecular formula is C13H14BrN3O2S. The third kappa shape index (κ3) is 3.94. The van der Waals surface area contributed by atoms with Crippen molar-refractivity contribution < 1.29 is 9.59 Å². The van der Waals surface area contributed by atoms with Crippen LogP contribution in [0.1, 0.15) is 21.8 Å². The number of carbonyl (C=O) groups is 2. The number of aromatic nitrogens is 1. The van der Waals surface area contributed by atoms with Crippen molar-refractivity contribution in [3.63, 3.8) is 0 Å². The van der Waals surface area contributed by atoms with E-state index in [1.807, 2.05) is 17.5 Å². The van der Waals surface area contributed by atoms with E-state index in [1.54, 1.807) is 35.2 Å². The molecule has 0 fully saturated rings. The Bertz CT molecular complexity index is 607. The van der Waals surface area contributed by atoms with Gasteiger partial charge in [-0.3, -0.25) is 20.4 Å². The minimum absolute atomic E-state index is 0.208. The average Bonchev–Trinajstić information content (AvgIpc) is 3.03. The Kier molecular flexibility index (Phi) is 4.97. The molecule has 0 aliphatic rings. The van der Waals surface area contributed by atoms with E-state index in [0.717, 1.165) is 9.35 Å². The number of aryl methyl sites for hydroxylation is 2. The summed E-state index contributed by atoms with van der Waals surface area (Å²) in [5.74, 6) is -0.553. The summed E-state index contributed by atoms with van der Waals surface area (Å²) in [6, 6.07) is 5.62. The second-order valence-corrected chi connectivity index (χ2v) is 6.18. The molecule has 0 aromatic carbocycles. The topological polar surface area (TPSA) is 63.1 Å². The second-order valence-electron chi connectivity index (χ2n) is 4.24. The van der Waals surface area contributed by atoms with Gasteiger partial charge in [0, 0.05) is 29.0 Å². The SMILES string of the molecule is Cn1cc(Br)cc1C(=O)NNC(=O)CCc1cccs1. The Balaban J connectivity index is 1.78. The lowest BCUT2D eigenvalue weighted by molar-refractivity contribution is -0.121. The summed E-state index contributed by atoms with van der Waals surface area (Å²) in [6.45, 7) is 0. The van der Waals surface area contributed by atoms with Crippen LogP contribution in [0.3, 0.4) is 0 Å². The van der Waals surface area contributed by atoms with Gasteiger partial charge in [-0.15, -0.1) is 11.3 Å². The maximum absolute atomic E-state index is 11.9. The number of amides is 2. The smallest absolute Gasteiger partial charge is 0.286 e. The van der Waals surface area contributed by atoms with Crippen LogP contribution >= 0.6 is 27.3 Å².